The highest BCUT2D eigenvalue weighted by Gasteiger charge is 2.16. The zero-order valence-corrected chi connectivity index (χ0v) is 19.7. The molecule has 0 fully saturated rings. The fraction of sp³-hybridized carbons (Fsp3) is 0.417. The second kappa shape index (κ2) is 11.8. The quantitative estimate of drug-likeness (QED) is 0.423. The maximum atomic E-state index is 11.8. The molecule has 0 radical (unpaired) electrons. The Bertz CT molecular complexity index is 905. The molecule has 2 rings (SSSR count). The Morgan fingerprint density at radius 3 is 2.19 bits per heavy atom. The molecule has 32 heavy (non-hydrogen) atoms. The van der Waals surface area contributed by atoms with E-state index in [2.05, 4.69) is 20.9 Å². The number of methoxy groups -OCH3 is 2. The molecule has 2 aromatic carbocycles. The summed E-state index contributed by atoms with van der Waals surface area (Å²) >= 11 is 0. The third-order valence-corrected chi connectivity index (χ3v) is 4.44. The first kappa shape index (κ1) is 24.8. The topological polar surface area (TPSA) is 93.2 Å². The van der Waals surface area contributed by atoms with Gasteiger partial charge in [-0.1, -0.05) is 18.2 Å². The van der Waals surface area contributed by atoms with Gasteiger partial charge in [-0.3, -0.25) is 10.3 Å². The molecule has 0 spiro atoms. The van der Waals surface area contributed by atoms with E-state index in [9.17, 15) is 4.79 Å². The monoisotopic (exact) mass is 442 g/mol. The number of guanidine groups is 1. The van der Waals surface area contributed by atoms with Crippen molar-refractivity contribution >= 4 is 17.7 Å². The molecule has 8 nitrogen and oxygen atoms in total. The van der Waals surface area contributed by atoms with Crippen molar-refractivity contribution in [3.05, 3.63) is 53.6 Å². The van der Waals surface area contributed by atoms with Crippen molar-refractivity contribution in [2.75, 3.05) is 33.1 Å². The van der Waals surface area contributed by atoms with Gasteiger partial charge in [0.25, 0.3) is 0 Å². The molecule has 1 amide bonds. The molecule has 0 aliphatic carbocycles. The summed E-state index contributed by atoms with van der Waals surface area (Å²) in [5.41, 5.74) is 2.37. The van der Waals surface area contributed by atoms with E-state index in [1.165, 1.54) is 0 Å². The van der Waals surface area contributed by atoms with Crippen LogP contribution in [0.1, 0.15) is 31.9 Å². The molecule has 8 heteroatoms. The second-order valence-electron chi connectivity index (χ2n) is 8.12. The van der Waals surface area contributed by atoms with Crippen molar-refractivity contribution in [2.45, 2.75) is 39.3 Å². The van der Waals surface area contributed by atoms with Gasteiger partial charge >= 0.3 is 6.09 Å². The van der Waals surface area contributed by atoms with E-state index in [1.54, 1.807) is 21.3 Å². The zero-order chi connectivity index (χ0) is 23.6. The van der Waals surface area contributed by atoms with Crippen molar-refractivity contribution < 1.29 is 19.0 Å². The van der Waals surface area contributed by atoms with Gasteiger partial charge < -0.3 is 24.8 Å². The normalized spacial score (nSPS) is 11.5. The van der Waals surface area contributed by atoms with Gasteiger partial charge in [0, 0.05) is 25.8 Å². The molecular formula is C24H34N4O4. The fourth-order valence-corrected chi connectivity index (χ4v) is 2.90. The molecule has 0 atom stereocenters. The molecule has 0 saturated carbocycles. The largest absolute Gasteiger partial charge is 0.493 e. The number of nitrogens with zero attached hydrogens (tertiary/aromatic N) is 1. The Labute approximate surface area is 190 Å². The van der Waals surface area contributed by atoms with Crippen molar-refractivity contribution in [1.29, 1.82) is 0 Å². The van der Waals surface area contributed by atoms with Crippen LogP contribution < -0.4 is 25.4 Å². The fourth-order valence-electron chi connectivity index (χ4n) is 2.90. The lowest BCUT2D eigenvalue weighted by molar-refractivity contribution is 0.0636. The van der Waals surface area contributed by atoms with Crippen molar-refractivity contribution in [1.82, 2.24) is 10.6 Å². The third kappa shape index (κ3) is 8.37. The minimum Gasteiger partial charge on any atom is -0.493 e. The van der Waals surface area contributed by atoms with Crippen LogP contribution in [0.15, 0.2) is 47.5 Å². The summed E-state index contributed by atoms with van der Waals surface area (Å²) in [5, 5.41) is 9.33. The van der Waals surface area contributed by atoms with E-state index in [-0.39, 0.29) is 0 Å². The number of ether oxygens (including phenoxy) is 3. The average molecular weight is 443 g/mol. The van der Waals surface area contributed by atoms with Gasteiger partial charge in [0.1, 0.15) is 5.60 Å². The van der Waals surface area contributed by atoms with Crippen LogP contribution in [0.5, 0.6) is 11.5 Å². The molecule has 0 aliphatic heterocycles. The molecular weight excluding hydrogens is 408 g/mol. The van der Waals surface area contributed by atoms with E-state index in [4.69, 9.17) is 14.2 Å². The summed E-state index contributed by atoms with van der Waals surface area (Å²) in [4.78, 5) is 16.1. The van der Waals surface area contributed by atoms with Crippen LogP contribution in [-0.2, 0) is 17.7 Å². The molecule has 0 aromatic heterocycles. The van der Waals surface area contributed by atoms with Crippen molar-refractivity contribution in [2.24, 2.45) is 4.99 Å². The minimum absolute atomic E-state index is 0.462. The Balaban J connectivity index is 1.78. The van der Waals surface area contributed by atoms with Gasteiger partial charge in [-0.25, -0.2) is 4.79 Å². The average Bonchev–Trinajstić information content (AvgIpc) is 2.75. The number of hydrogen-bond donors (Lipinski definition) is 3. The number of hydrogen-bond acceptors (Lipinski definition) is 5. The number of rotatable bonds is 8. The van der Waals surface area contributed by atoms with E-state index in [0.717, 1.165) is 17.5 Å². The zero-order valence-electron chi connectivity index (χ0n) is 19.7. The number of amides is 1. The first-order valence-electron chi connectivity index (χ1n) is 10.5. The number of carbonyl (C=O) groups is 1. The van der Waals surface area contributed by atoms with E-state index in [1.807, 2.05) is 63.2 Å². The van der Waals surface area contributed by atoms with E-state index < -0.39 is 11.7 Å². The summed E-state index contributed by atoms with van der Waals surface area (Å²) in [5.74, 6) is 2.11. The van der Waals surface area contributed by atoms with Crippen LogP contribution in [-0.4, -0.2) is 45.5 Å². The third-order valence-electron chi connectivity index (χ3n) is 4.44. The molecule has 0 heterocycles. The Morgan fingerprint density at radius 2 is 1.59 bits per heavy atom. The Kier molecular flexibility index (Phi) is 9.19. The Morgan fingerprint density at radius 1 is 0.938 bits per heavy atom. The van der Waals surface area contributed by atoms with E-state index in [0.29, 0.717) is 36.2 Å². The maximum absolute atomic E-state index is 11.8. The van der Waals surface area contributed by atoms with Gasteiger partial charge in [0.15, 0.2) is 17.5 Å². The highest BCUT2D eigenvalue weighted by Crippen LogP contribution is 2.27. The van der Waals surface area contributed by atoms with Gasteiger partial charge in [0.05, 0.1) is 14.2 Å². The lowest BCUT2D eigenvalue weighted by Gasteiger charge is -2.19. The minimum atomic E-state index is -0.526. The summed E-state index contributed by atoms with van der Waals surface area (Å²) in [6.07, 6.45) is 0.348. The molecule has 0 unspecified atom stereocenters. The van der Waals surface area contributed by atoms with Gasteiger partial charge in [0.2, 0.25) is 0 Å². The van der Waals surface area contributed by atoms with Crippen LogP contribution in [0.25, 0.3) is 0 Å². The van der Waals surface area contributed by atoms with Crippen LogP contribution >= 0.6 is 0 Å². The molecule has 3 N–H and O–H groups in total. The molecule has 0 bridgehead atoms. The molecule has 2 aromatic rings. The summed E-state index contributed by atoms with van der Waals surface area (Å²) in [6.45, 7) is 6.81. The summed E-state index contributed by atoms with van der Waals surface area (Å²) in [6, 6.07) is 13.5. The van der Waals surface area contributed by atoms with Crippen molar-refractivity contribution in [3.63, 3.8) is 0 Å². The lowest BCUT2D eigenvalue weighted by atomic mass is 10.1. The number of benzene rings is 2. The first-order chi connectivity index (χ1) is 15.2. The number of carbonyl (C=O) groups excluding carboxylic acids is 1. The highest BCUT2D eigenvalue weighted by molar-refractivity contribution is 5.84. The van der Waals surface area contributed by atoms with Crippen LogP contribution in [0.3, 0.4) is 0 Å². The maximum Gasteiger partial charge on any atom is 0.412 e. The number of aliphatic imine (C=N–C) groups is 1. The number of anilines is 1. The van der Waals surface area contributed by atoms with Crippen LogP contribution in [0.2, 0.25) is 0 Å². The lowest BCUT2D eigenvalue weighted by Crippen LogP contribution is -2.37. The summed E-state index contributed by atoms with van der Waals surface area (Å²) in [7, 11) is 4.98. The van der Waals surface area contributed by atoms with E-state index >= 15 is 0 Å². The standard InChI is InChI=1S/C24H34N4O4/c1-24(2,3)32-23(29)28-19-10-7-17(8-11-19)13-14-26-22(25-4)27-16-18-9-12-20(30-5)21(15-18)31-6/h7-12,15H,13-14,16H2,1-6H3,(H,28,29)(H2,25,26,27). The van der Waals surface area contributed by atoms with Gasteiger partial charge in [-0.05, 0) is 62.6 Å². The predicted octanol–water partition coefficient (Wildman–Crippen LogP) is 3.96. The Hall–Kier alpha value is -3.42. The van der Waals surface area contributed by atoms with Crippen LogP contribution in [0, 0.1) is 0 Å². The smallest absolute Gasteiger partial charge is 0.412 e. The predicted molar refractivity (Wildman–Crippen MR) is 128 cm³/mol. The highest BCUT2D eigenvalue weighted by atomic mass is 16.6. The molecule has 0 saturated heterocycles. The second-order valence-corrected chi connectivity index (χ2v) is 8.12. The molecule has 174 valence electrons. The number of nitrogens with one attached hydrogen (secondary N) is 3. The van der Waals surface area contributed by atoms with Crippen LogP contribution in [0.4, 0.5) is 10.5 Å². The molecule has 0 aliphatic rings. The van der Waals surface area contributed by atoms with Gasteiger partial charge in [-0.2, -0.15) is 0 Å². The first-order valence-corrected chi connectivity index (χ1v) is 10.5. The SMILES string of the molecule is CN=C(NCCc1ccc(NC(=O)OC(C)(C)C)cc1)NCc1ccc(OC)c(OC)c1. The van der Waals surface area contributed by atoms with Gasteiger partial charge in [-0.15, -0.1) is 0 Å². The summed E-state index contributed by atoms with van der Waals surface area (Å²) < 4.78 is 15.9. The van der Waals surface area contributed by atoms with Crippen molar-refractivity contribution in [3.8, 4) is 11.5 Å².